The highest BCUT2D eigenvalue weighted by Gasteiger charge is 1.78. The zero-order chi connectivity index (χ0) is 5.70. The van der Waals surface area contributed by atoms with Gasteiger partial charge in [-0.25, -0.2) is 0 Å². The van der Waals surface area contributed by atoms with Crippen LogP contribution in [0.5, 0.6) is 0 Å². The van der Waals surface area contributed by atoms with Gasteiger partial charge in [0.2, 0.25) is 0 Å². The molecular formula is C6H7Cl. The molecule has 0 N–H and O–H groups in total. The van der Waals surface area contributed by atoms with Crippen LogP contribution in [0.1, 0.15) is 6.42 Å². The van der Waals surface area contributed by atoms with Gasteiger partial charge in [0.25, 0.3) is 0 Å². The summed E-state index contributed by atoms with van der Waals surface area (Å²) in [5.41, 5.74) is 2.53. The first-order valence-corrected chi connectivity index (χ1v) is 2.34. The molecule has 0 fully saturated rings. The molecule has 0 unspecified atom stereocenters. The maximum atomic E-state index is 5.44. The van der Waals surface area contributed by atoms with Crippen LogP contribution in [0.3, 0.4) is 0 Å². The van der Waals surface area contributed by atoms with E-state index in [1.165, 1.54) is 0 Å². The average molecular weight is 115 g/mol. The molecule has 0 aliphatic carbocycles. The first-order valence-electron chi connectivity index (χ1n) is 1.96. The number of hydrogen-bond donors (Lipinski definition) is 0. The van der Waals surface area contributed by atoms with Crippen LogP contribution in [-0.4, -0.2) is 0 Å². The lowest BCUT2D eigenvalue weighted by molar-refractivity contribution is 1.37. The van der Waals surface area contributed by atoms with Crippen molar-refractivity contribution >= 4 is 11.6 Å². The first-order chi connectivity index (χ1) is 3.31. The monoisotopic (exact) mass is 114 g/mol. The second-order valence-corrected chi connectivity index (χ2v) is 1.53. The molecule has 0 amide bonds. The molecular weight excluding hydrogens is 108 g/mol. The van der Waals surface area contributed by atoms with Crippen molar-refractivity contribution in [2.45, 2.75) is 6.42 Å². The standard InChI is InChI=1S/C6H7Cl/c1-3-5-6(7)4-2/h3H,1-2,5H2. The average Bonchev–Trinajstić information content (AvgIpc) is 1.68. The van der Waals surface area contributed by atoms with Gasteiger partial charge in [-0.15, -0.1) is 12.3 Å². The van der Waals surface area contributed by atoms with E-state index in [0.29, 0.717) is 11.5 Å². The van der Waals surface area contributed by atoms with Gasteiger partial charge in [-0.3, -0.25) is 0 Å². The molecule has 0 rings (SSSR count). The molecule has 0 saturated carbocycles. The Morgan fingerprint density at radius 1 is 1.86 bits per heavy atom. The summed E-state index contributed by atoms with van der Waals surface area (Å²) in [6, 6.07) is 0. The molecule has 0 aromatic rings. The van der Waals surface area contributed by atoms with Crippen LogP contribution < -0.4 is 0 Å². The van der Waals surface area contributed by atoms with Crippen molar-refractivity contribution in [3.05, 3.63) is 30.0 Å². The molecule has 0 aliphatic rings. The lowest BCUT2D eigenvalue weighted by atomic mass is 10.4. The second-order valence-electron chi connectivity index (χ2n) is 1.07. The van der Waals surface area contributed by atoms with E-state index in [1.807, 2.05) is 0 Å². The highest BCUT2D eigenvalue weighted by atomic mass is 35.5. The second kappa shape index (κ2) is 3.73. The smallest absolute Gasteiger partial charge is 0.0629 e. The van der Waals surface area contributed by atoms with Gasteiger partial charge in [-0.1, -0.05) is 24.3 Å². The molecule has 0 aromatic heterocycles. The van der Waals surface area contributed by atoms with Crippen LogP contribution in [0, 0.1) is 0 Å². The van der Waals surface area contributed by atoms with E-state index < -0.39 is 0 Å². The maximum absolute atomic E-state index is 5.44. The SMILES string of the molecule is C=C=C(Cl)CC=C. The summed E-state index contributed by atoms with van der Waals surface area (Å²) in [6.07, 6.45) is 2.38. The van der Waals surface area contributed by atoms with Crippen LogP contribution in [0.4, 0.5) is 0 Å². The molecule has 7 heavy (non-hydrogen) atoms. The Balaban J connectivity index is 3.58. The molecule has 0 saturated heterocycles. The summed E-state index contributed by atoms with van der Waals surface area (Å²) in [5.74, 6) is 0. The highest BCUT2D eigenvalue weighted by Crippen LogP contribution is 2.02. The predicted octanol–water partition coefficient (Wildman–Crippen LogP) is 2.47. The minimum Gasteiger partial charge on any atom is -0.113 e. The van der Waals surface area contributed by atoms with Crippen molar-refractivity contribution in [2.24, 2.45) is 0 Å². The fraction of sp³-hybridized carbons (Fsp3) is 0.167. The lowest BCUT2D eigenvalue weighted by Crippen LogP contribution is -1.59. The Bertz CT molecular complexity index is 107. The Morgan fingerprint density at radius 3 is 2.57 bits per heavy atom. The van der Waals surface area contributed by atoms with Crippen LogP contribution in [0.25, 0.3) is 0 Å². The lowest BCUT2D eigenvalue weighted by Gasteiger charge is -1.79. The minimum absolute atomic E-state index is 0.620. The van der Waals surface area contributed by atoms with Gasteiger partial charge in [0.05, 0.1) is 5.03 Å². The molecule has 0 nitrogen and oxygen atoms in total. The summed E-state index contributed by atoms with van der Waals surface area (Å²) < 4.78 is 0. The molecule has 1 heteroatoms. The summed E-state index contributed by atoms with van der Waals surface area (Å²) in [4.78, 5) is 0. The van der Waals surface area contributed by atoms with Gasteiger partial charge in [0, 0.05) is 6.42 Å². The van der Waals surface area contributed by atoms with E-state index in [0.717, 1.165) is 0 Å². The van der Waals surface area contributed by atoms with E-state index >= 15 is 0 Å². The predicted molar refractivity (Wildman–Crippen MR) is 33.3 cm³/mol. The van der Waals surface area contributed by atoms with E-state index in [4.69, 9.17) is 11.6 Å². The highest BCUT2D eigenvalue weighted by molar-refractivity contribution is 6.29. The van der Waals surface area contributed by atoms with E-state index in [1.54, 1.807) is 6.08 Å². The molecule has 0 bridgehead atoms. The van der Waals surface area contributed by atoms with Gasteiger partial charge >= 0.3 is 0 Å². The van der Waals surface area contributed by atoms with E-state index in [9.17, 15) is 0 Å². The van der Waals surface area contributed by atoms with E-state index in [2.05, 4.69) is 18.9 Å². The van der Waals surface area contributed by atoms with Gasteiger partial charge in [0.15, 0.2) is 0 Å². The van der Waals surface area contributed by atoms with Gasteiger partial charge in [-0.2, -0.15) is 0 Å². The molecule has 0 aliphatic heterocycles. The third-order valence-electron chi connectivity index (χ3n) is 0.515. The van der Waals surface area contributed by atoms with Crippen molar-refractivity contribution in [2.75, 3.05) is 0 Å². The minimum atomic E-state index is 0.620. The van der Waals surface area contributed by atoms with Gasteiger partial charge < -0.3 is 0 Å². The van der Waals surface area contributed by atoms with Crippen molar-refractivity contribution in [1.82, 2.24) is 0 Å². The Labute approximate surface area is 48.8 Å². The zero-order valence-electron chi connectivity index (χ0n) is 4.08. The molecule has 0 atom stereocenters. The number of halogens is 1. The Kier molecular flexibility index (Phi) is 3.49. The number of hydrogen-bond acceptors (Lipinski definition) is 0. The van der Waals surface area contributed by atoms with Crippen LogP contribution in [-0.2, 0) is 0 Å². The fourth-order valence-corrected chi connectivity index (χ4v) is 0.308. The molecule has 0 heterocycles. The molecule has 0 aromatic carbocycles. The van der Waals surface area contributed by atoms with Crippen LogP contribution >= 0.6 is 11.6 Å². The van der Waals surface area contributed by atoms with Crippen molar-refractivity contribution in [3.8, 4) is 0 Å². The van der Waals surface area contributed by atoms with Crippen LogP contribution in [0.15, 0.2) is 30.0 Å². The van der Waals surface area contributed by atoms with Gasteiger partial charge in [-0.05, 0) is 0 Å². The Hall–Kier alpha value is -0.450. The van der Waals surface area contributed by atoms with Crippen molar-refractivity contribution in [3.63, 3.8) is 0 Å². The number of rotatable bonds is 2. The van der Waals surface area contributed by atoms with Crippen molar-refractivity contribution < 1.29 is 0 Å². The summed E-state index contributed by atoms with van der Waals surface area (Å²) in [5, 5.41) is 0.620. The van der Waals surface area contributed by atoms with Crippen LogP contribution in [0.2, 0.25) is 0 Å². The maximum Gasteiger partial charge on any atom is 0.0629 e. The largest absolute Gasteiger partial charge is 0.113 e. The molecule has 38 valence electrons. The molecule has 0 spiro atoms. The van der Waals surface area contributed by atoms with E-state index in [-0.39, 0.29) is 0 Å². The topological polar surface area (TPSA) is 0 Å². The summed E-state index contributed by atoms with van der Waals surface area (Å²) in [7, 11) is 0. The van der Waals surface area contributed by atoms with Gasteiger partial charge in [0.1, 0.15) is 0 Å². The normalized spacial score (nSPS) is 7.00. The van der Waals surface area contributed by atoms with Crippen molar-refractivity contribution in [1.29, 1.82) is 0 Å². The third kappa shape index (κ3) is 3.38. The fourth-order valence-electron chi connectivity index (χ4n) is 0.199. The summed E-state index contributed by atoms with van der Waals surface area (Å²) >= 11 is 5.44. The molecule has 0 radical (unpaired) electrons. The quantitative estimate of drug-likeness (QED) is 0.382. The Morgan fingerprint density at radius 2 is 2.43 bits per heavy atom. The first kappa shape index (κ1) is 6.55. The summed E-state index contributed by atoms with van der Waals surface area (Å²) in [6.45, 7) is 6.81. The number of allylic oxidation sites excluding steroid dienone is 2. The zero-order valence-corrected chi connectivity index (χ0v) is 4.83. The third-order valence-corrected chi connectivity index (χ3v) is 0.803.